The Morgan fingerprint density at radius 1 is 1.29 bits per heavy atom. The summed E-state index contributed by atoms with van der Waals surface area (Å²) in [5.74, 6) is 1.27. The van der Waals surface area contributed by atoms with E-state index >= 15 is 0 Å². The van der Waals surface area contributed by atoms with Gasteiger partial charge < -0.3 is 9.84 Å². The van der Waals surface area contributed by atoms with Gasteiger partial charge in [-0.2, -0.15) is 0 Å². The van der Waals surface area contributed by atoms with Crippen LogP contribution in [0.2, 0.25) is 0 Å². The first-order valence-electron chi connectivity index (χ1n) is 5.22. The third-order valence-corrected chi connectivity index (χ3v) is 2.71. The van der Waals surface area contributed by atoms with E-state index in [1.54, 1.807) is 19.3 Å². The molecule has 1 aromatic carbocycles. The fraction of sp³-hybridized carbons (Fsp3) is 0.154. The van der Waals surface area contributed by atoms with E-state index in [4.69, 9.17) is 4.74 Å². The molecule has 2 aromatic rings. The smallest absolute Gasteiger partial charge is 0.146 e. The van der Waals surface area contributed by atoms with Gasteiger partial charge in [0, 0.05) is 16.2 Å². The lowest BCUT2D eigenvalue weighted by Gasteiger charge is -2.12. The van der Waals surface area contributed by atoms with E-state index in [9.17, 15) is 5.11 Å². The first kappa shape index (κ1) is 12.1. The van der Waals surface area contributed by atoms with Crippen molar-refractivity contribution in [1.29, 1.82) is 0 Å². The molecular weight excluding hydrogens is 282 g/mol. The molecule has 0 amide bonds. The summed E-state index contributed by atoms with van der Waals surface area (Å²) >= 11 is 3.33. The number of halogens is 1. The van der Waals surface area contributed by atoms with Gasteiger partial charge in [0.1, 0.15) is 11.5 Å². The van der Waals surface area contributed by atoms with Crippen molar-refractivity contribution >= 4 is 15.9 Å². The Morgan fingerprint density at radius 2 is 2.06 bits per heavy atom. The Bertz CT molecular complexity index is 514. The maximum atomic E-state index is 9.63. The van der Waals surface area contributed by atoms with E-state index in [0.717, 1.165) is 10.0 Å². The minimum absolute atomic E-state index is 0.564. The van der Waals surface area contributed by atoms with E-state index in [2.05, 4.69) is 20.9 Å². The zero-order chi connectivity index (χ0) is 12.3. The van der Waals surface area contributed by atoms with Gasteiger partial charge in [-0.25, -0.2) is 0 Å². The summed E-state index contributed by atoms with van der Waals surface area (Å²) in [4.78, 5) is 4.02. The molecule has 0 saturated heterocycles. The summed E-state index contributed by atoms with van der Waals surface area (Å²) in [7, 11) is 0. The van der Waals surface area contributed by atoms with Crippen LogP contribution >= 0.6 is 15.9 Å². The number of aliphatic hydroxyl groups excluding tert-OH is 1. The molecule has 1 N–H and O–H groups in total. The van der Waals surface area contributed by atoms with Crippen molar-refractivity contribution in [2.24, 2.45) is 0 Å². The van der Waals surface area contributed by atoms with E-state index in [0.29, 0.717) is 11.5 Å². The Morgan fingerprint density at radius 3 is 2.76 bits per heavy atom. The van der Waals surface area contributed by atoms with Crippen LogP contribution in [0.15, 0.2) is 47.2 Å². The fourth-order valence-corrected chi connectivity index (χ4v) is 1.84. The second-order valence-electron chi connectivity index (χ2n) is 3.65. The molecule has 1 heterocycles. The van der Waals surface area contributed by atoms with Crippen LogP contribution < -0.4 is 4.74 Å². The summed E-state index contributed by atoms with van der Waals surface area (Å²) in [5, 5.41) is 9.63. The largest absolute Gasteiger partial charge is 0.455 e. The number of rotatable bonds is 3. The number of hydrogen-bond donors (Lipinski definition) is 1. The number of para-hydroxylation sites is 1. The van der Waals surface area contributed by atoms with Crippen molar-refractivity contribution in [2.75, 3.05) is 0 Å². The molecule has 0 radical (unpaired) electrons. The average molecular weight is 294 g/mol. The first-order valence-corrected chi connectivity index (χ1v) is 6.01. The van der Waals surface area contributed by atoms with Crippen molar-refractivity contribution in [3.8, 4) is 11.5 Å². The molecule has 17 heavy (non-hydrogen) atoms. The first-order chi connectivity index (χ1) is 8.16. The van der Waals surface area contributed by atoms with Gasteiger partial charge in [-0.05, 0) is 35.0 Å². The summed E-state index contributed by atoms with van der Waals surface area (Å²) in [6, 6.07) is 9.22. The van der Waals surface area contributed by atoms with Crippen LogP contribution in [0.5, 0.6) is 11.5 Å². The molecule has 0 aliphatic rings. The Balaban J connectivity index is 2.30. The normalized spacial score (nSPS) is 12.2. The molecule has 2 rings (SSSR count). The van der Waals surface area contributed by atoms with Gasteiger partial charge in [0.15, 0.2) is 0 Å². The van der Waals surface area contributed by atoms with Gasteiger partial charge in [-0.1, -0.05) is 18.2 Å². The fourth-order valence-electron chi connectivity index (χ4n) is 1.49. The molecule has 0 spiro atoms. The number of benzene rings is 1. The second-order valence-corrected chi connectivity index (χ2v) is 4.57. The molecular formula is C13H12BrNO2. The Labute approximate surface area is 108 Å². The van der Waals surface area contributed by atoms with Gasteiger partial charge in [0.25, 0.3) is 0 Å². The van der Waals surface area contributed by atoms with Crippen LogP contribution in [0.4, 0.5) is 0 Å². The van der Waals surface area contributed by atoms with Crippen molar-refractivity contribution in [2.45, 2.75) is 13.0 Å². The number of aromatic nitrogens is 1. The number of pyridine rings is 1. The Kier molecular flexibility index (Phi) is 3.76. The van der Waals surface area contributed by atoms with Crippen molar-refractivity contribution in [1.82, 2.24) is 4.98 Å². The molecule has 0 saturated carbocycles. The number of ether oxygens (including phenoxy) is 1. The lowest BCUT2D eigenvalue weighted by Crippen LogP contribution is -1.95. The molecule has 0 bridgehead atoms. The van der Waals surface area contributed by atoms with Gasteiger partial charge in [0.05, 0.1) is 12.3 Å². The highest BCUT2D eigenvalue weighted by Crippen LogP contribution is 2.29. The third kappa shape index (κ3) is 3.05. The van der Waals surface area contributed by atoms with Crippen LogP contribution in [0.3, 0.4) is 0 Å². The maximum Gasteiger partial charge on any atom is 0.146 e. The molecule has 1 aromatic heterocycles. The zero-order valence-corrected chi connectivity index (χ0v) is 10.9. The summed E-state index contributed by atoms with van der Waals surface area (Å²) in [5.41, 5.74) is 0.757. The molecule has 3 nitrogen and oxygen atoms in total. The summed E-state index contributed by atoms with van der Waals surface area (Å²) in [6.07, 6.45) is 2.75. The Hall–Kier alpha value is -1.39. The third-order valence-electron chi connectivity index (χ3n) is 2.28. The van der Waals surface area contributed by atoms with Crippen LogP contribution in [0.1, 0.15) is 18.6 Å². The van der Waals surface area contributed by atoms with E-state index in [-0.39, 0.29) is 0 Å². The molecule has 0 aliphatic carbocycles. The highest BCUT2D eigenvalue weighted by Gasteiger charge is 2.09. The van der Waals surface area contributed by atoms with Gasteiger partial charge in [-0.15, -0.1) is 0 Å². The van der Waals surface area contributed by atoms with Gasteiger partial charge in [-0.3, -0.25) is 4.98 Å². The minimum atomic E-state index is -0.564. The second kappa shape index (κ2) is 5.29. The topological polar surface area (TPSA) is 42.4 Å². The SMILES string of the molecule is C[C@H](O)c1ccccc1Oc1cncc(Br)c1. The highest BCUT2D eigenvalue weighted by molar-refractivity contribution is 9.10. The van der Waals surface area contributed by atoms with Crippen LogP contribution in [-0.2, 0) is 0 Å². The predicted molar refractivity (Wildman–Crippen MR) is 69.1 cm³/mol. The van der Waals surface area contributed by atoms with Gasteiger partial charge in [0.2, 0.25) is 0 Å². The van der Waals surface area contributed by atoms with E-state index in [1.165, 1.54) is 0 Å². The lowest BCUT2D eigenvalue weighted by molar-refractivity contribution is 0.195. The molecule has 0 unspecified atom stereocenters. The van der Waals surface area contributed by atoms with Gasteiger partial charge >= 0.3 is 0 Å². The number of hydrogen-bond acceptors (Lipinski definition) is 3. The number of aliphatic hydroxyl groups is 1. The van der Waals surface area contributed by atoms with E-state index in [1.807, 2.05) is 30.3 Å². The molecule has 0 aliphatic heterocycles. The molecule has 88 valence electrons. The molecule has 4 heteroatoms. The van der Waals surface area contributed by atoms with Crippen molar-refractivity contribution < 1.29 is 9.84 Å². The molecule has 1 atom stereocenters. The van der Waals surface area contributed by atoms with E-state index < -0.39 is 6.10 Å². The van der Waals surface area contributed by atoms with Crippen molar-refractivity contribution in [3.05, 3.63) is 52.8 Å². The van der Waals surface area contributed by atoms with Crippen LogP contribution in [0.25, 0.3) is 0 Å². The predicted octanol–water partition coefficient (Wildman–Crippen LogP) is 3.69. The quantitative estimate of drug-likeness (QED) is 0.938. The van der Waals surface area contributed by atoms with Crippen molar-refractivity contribution in [3.63, 3.8) is 0 Å². The monoisotopic (exact) mass is 293 g/mol. The van der Waals surface area contributed by atoms with Crippen LogP contribution in [-0.4, -0.2) is 10.1 Å². The number of nitrogens with zero attached hydrogens (tertiary/aromatic N) is 1. The summed E-state index contributed by atoms with van der Waals surface area (Å²) in [6.45, 7) is 1.71. The average Bonchev–Trinajstić information content (AvgIpc) is 2.29. The van der Waals surface area contributed by atoms with Crippen LogP contribution in [0, 0.1) is 0 Å². The highest BCUT2D eigenvalue weighted by atomic mass is 79.9. The lowest BCUT2D eigenvalue weighted by atomic mass is 10.1. The standard InChI is InChI=1S/C13H12BrNO2/c1-9(16)12-4-2-3-5-13(12)17-11-6-10(14)7-15-8-11/h2-9,16H,1H3/t9-/m0/s1. The maximum absolute atomic E-state index is 9.63. The summed E-state index contributed by atoms with van der Waals surface area (Å²) < 4.78 is 6.55. The molecule has 0 fully saturated rings. The zero-order valence-electron chi connectivity index (χ0n) is 9.30. The minimum Gasteiger partial charge on any atom is -0.455 e.